The minimum atomic E-state index is -0.0872. The number of nitrogens with one attached hydrogen (secondary N) is 2. The van der Waals surface area contributed by atoms with Crippen molar-refractivity contribution >= 4 is 27.7 Å². The van der Waals surface area contributed by atoms with Gasteiger partial charge in [0.2, 0.25) is 5.91 Å². The highest BCUT2D eigenvalue weighted by Crippen LogP contribution is 2.15. The number of carbonyl (C=O) groups excluding carboxylic acids is 1. The van der Waals surface area contributed by atoms with Crippen molar-refractivity contribution in [2.45, 2.75) is 19.4 Å². The lowest BCUT2D eigenvalue weighted by Gasteiger charge is -2.10. The Kier molecular flexibility index (Phi) is 3.56. The Hall–Kier alpha value is -0.940. The summed E-state index contributed by atoms with van der Waals surface area (Å²) in [5.74, 6) is 1.14. The second-order valence-corrected chi connectivity index (χ2v) is 4.95. The molecule has 2 rings (SSSR count). The first-order chi connectivity index (χ1) is 7.65. The molecule has 0 saturated carbocycles. The Bertz CT molecular complexity index is 397. The first-order valence-corrected chi connectivity index (χ1v) is 6.11. The standard InChI is InChI=1S/C11H14BrN3O/c1-7-5-8(13-6-7)11(16)15-10-4-2-3-9(12)14-10/h2-4,7-8,13H,5-6H2,1H3,(H,14,15,16). The van der Waals surface area contributed by atoms with Gasteiger partial charge in [-0.2, -0.15) is 0 Å². The fourth-order valence-corrected chi connectivity index (χ4v) is 2.15. The summed E-state index contributed by atoms with van der Waals surface area (Å²) in [5, 5.41) is 5.99. The van der Waals surface area contributed by atoms with E-state index in [1.54, 1.807) is 6.07 Å². The SMILES string of the molecule is CC1CNC(C(=O)Nc2cccc(Br)n2)C1. The molecule has 1 saturated heterocycles. The molecule has 86 valence electrons. The largest absolute Gasteiger partial charge is 0.309 e. The monoisotopic (exact) mass is 283 g/mol. The molecule has 0 radical (unpaired) electrons. The smallest absolute Gasteiger partial charge is 0.242 e. The summed E-state index contributed by atoms with van der Waals surface area (Å²) in [6, 6.07) is 5.36. The molecule has 1 amide bonds. The van der Waals surface area contributed by atoms with Crippen LogP contribution in [0.2, 0.25) is 0 Å². The second-order valence-electron chi connectivity index (χ2n) is 4.14. The minimum absolute atomic E-state index is 0.00468. The zero-order valence-electron chi connectivity index (χ0n) is 9.03. The van der Waals surface area contributed by atoms with Crippen LogP contribution in [0, 0.1) is 5.92 Å². The molecule has 0 aliphatic carbocycles. The van der Waals surface area contributed by atoms with E-state index in [4.69, 9.17) is 0 Å². The maximum absolute atomic E-state index is 11.8. The molecule has 16 heavy (non-hydrogen) atoms. The van der Waals surface area contributed by atoms with Gasteiger partial charge in [0.15, 0.2) is 0 Å². The Morgan fingerprint density at radius 2 is 2.44 bits per heavy atom. The van der Waals surface area contributed by atoms with Gasteiger partial charge in [0, 0.05) is 0 Å². The lowest BCUT2D eigenvalue weighted by atomic mass is 10.1. The lowest BCUT2D eigenvalue weighted by molar-refractivity contribution is -0.117. The number of anilines is 1. The fraction of sp³-hybridized carbons (Fsp3) is 0.455. The number of nitrogens with zero attached hydrogens (tertiary/aromatic N) is 1. The van der Waals surface area contributed by atoms with E-state index < -0.39 is 0 Å². The van der Waals surface area contributed by atoms with E-state index in [1.807, 2.05) is 12.1 Å². The van der Waals surface area contributed by atoms with Gasteiger partial charge in [0.05, 0.1) is 6.04 Å². The third kappa shape index (κ3) is 2.80. The zero-order valence-corrected chi connectivity index (χ0v) is 10.6. The minimum Gasteiger partial charge on any atom is -0.309 e. The van der Waals surface area contributed by atoms with Crippen molar-refractivity contribution in [2.75, 3.05) is 11.9 Å². The second kappa shape index (κ2) is 4.93. The maximum Gasteiger partial charge on any atom is 0.242 e. The van der Waals surface area contributed by atoms with E-state index in [2.05, 4.69) is 38.5 Å². The van der Waals surface area contributed by atoms with Crippen molar-refractivity contribution in [3.63, 3.8) is 0 Å². The van der Waals surface area contributed by atoms with Gasteiger partial charge in [0.25, 0.3) is 0 Å². The highest BCUT2D eigenvalue weighted by atomic mass is 79.9. The molecule has 4 nitrogen and oxygen atoms in total. The van der Waals surface area contributed by atoms with Crippen LogP contribution in [0.15, 0.2) is 22.8 Å². The maximum atomic E-state index is 11.8. The Morgan fingerprint density at radius 1 is 1.62 bits per heavy atom. The van der Waals surface area contributed by atoms with Gasteiger partial charge in [-0.15, -0.1) is 0 Å². The van der Waals surface area contributed by atoms with Crippen molar-refractivity contribution < 1.29 is 4.79 Å². The Labute approximate surface area is 103 Å². The number of halogens is 1. The highest BCUT2D eigenvalue weighted by molar-refractivity contribution is 9.10. The summed E-state index contributed by atoms with van der Waals surface area (Å²) in [6.07, 6.45) is 0.889. The van der Waals surface area contributed by atoms with E-state index in [0.717, 1.165) is 17.6 Å². The van der Waals surface area contributed by atoms with Crippen LogP contribution in [0.5, 0.6) is 0 Å². The molecule has 1 aromatic rings. The summed E-state index contributed by atoms with van der Waals surface area (Å²) in [7, 11) is 0. The van der Waals surface area contributed by atoms with Crippen LogP contribution in [-0.2, 0) is 4.79 Å². The van der Waals surface area contributed by atoms with Crippen molar-refractivity contribution in [2.24, 2.45) is 5.92 Å². The highest BCUT2D eigenvalue weighted by Gasteiger charge is 2.26. The molecule has 2 N–H and O–H groups in total. The molecule has 0 bridgehead atoms. The average Bonchev–Trinajstić information content (AvgIpc) is 2.65. The quantitative estimate of drug-likeness (QED) is 0.814. The van der Waals surface area contributed by atoms with Crippen LogP contribution in [0.25, 0.3) is 0 Å². The van der Waals surface area contributed by atoms with Crippen molar-refractivity contribution in [3.05, 3.63) is 22.8 Å². The summed E-state index contributed by atoms with van der Waals surface area (Å²) in [6.45, 7) is 3.04. The first-order valence-electron chi connectivity index (χ1n) is 5.32. The Balaban J connectivity index is 1.97. The van der Waals surface area contributed by atoms with E-state index in [-0.39, 0.29) is 11.9 Å². The van der Waals surface area contributed by atoms with Crippen LogP contribution in [0.4, 0.5) is 5.82 Å². The van der Waals surface area contributed by atoms with Gasteiger partial charge in [-0.25, -0.2) is 4.98 Å². The summed E-state index contributed by atoms with van der Waals surface area (Å²) in [5.41, 5.74) is 0. The first kappa shape index (κ1) is 11.5. The van der Waals surface area contributed by atoms with Gasteiger partial charge < -0.3 is 10.6 Å². The van der Waals surface area contributed by atoms with E-state index in [0.29, 0.717) is 11.7 Å². The average molecular weight is 284 g/mol. The summed E-state index contributed by atoms with van der Waals surface area (Å²) >= 11 is 3.27. The molecule has 1 aromatic heterocycles. The number of aromatic nitrogens is 1. The third-order valence-electron chi connectivity index (χ3n) is 2.63. The molecule has 1 aliphatic rings. The van der Waals surface area contributed by atoms with Crippen LogP contribution < -0.4 is 10.6 Å². The molecule has 1 aliphatic heterocycles. The third-order valence-corrected chi connectivity index (χ3v) is 3.08. The number of hydrogen-bond acceptors (Lipinski definition) is 3. The van der Waals surface area contributed by atoms with Crippen molar-refractivity contribution in [1.29, 1.82) is 0 Å². The predicted octanol–water partition coefficient (Wildman–Crippen LogP) is 1.78. The number of pyridine rings is 1. The molecule has 2 heterocycles. The Morgan fingerprint density at radius 3 is 3.06 bits per heavy atom. The van der Waals surface area contributed by atoms with E-state index in [1.165, 1.54) is 0 Å². The molecule has 2 unspecified atom stereocenters. The number of carbonyl (C=O) groups is 1. The fourth-order valence-electron chi connectivity index (χ4n) is 1.80. The molecule has 0 aromatic carbocycles. The van der Waals surface area contributed by atoms with Crippen LogP contribution in [0.3, 0.4) is 0 Å². The van der Waals surface area contributed by atoms with Gasteiger partial charge in [-0.05, 0) is 46.9 Å². The molecule has 0 spiro atoms. The topological polar surface area (TPSA) is 54.0 Å². The van der Waals surface area contributed by atoms with Crippen LogP contribution >= 0.6 is 15.9 Å². The molecule has 5 heteroatoms. The zero-order chi connectivity index (χ0) is 11.5. The molecular formula is C11H14BrN3O. The number of hydrogen-bond donors (Lipinski definition) is 2. The van der Waals surface area contributed by atoms with E-state index >= 15 is 0 Å². The van der Waals surface area contributed by atoms with Gasteiger partial charge in [0.1, 0.15) is 10.4 Å². The molecular weight excluding hydrogens is 270 g/mol. The lowest BCUT2D eigenvalue weighted by Crippen LogP contribution is -2.35. The summed E-state index contributed by atoms with van der Waals surface area (Å²) in [4.78, 5) is 16.0. The normalized spacial score (nSPS) is 24.4. The van der Waals surface area contributed by atoms with Crippen molar-refractivity contribution in [1.82, 2.24) is 10.3 Å². The number of amides is 1. The predicted molar refractivity (Wildman–Crippen MR) is 66.1 cm³/mol. The van der Waals surface area contributed by atoms with E-state index in [9.17, 15) is 4.79 Å². The molecule has 2 atom stereocenters. The van der Waals surface area contributed by atoms with Gasteiger partial charge >= 0.3 is 0 Å². The summed E-state index contributed by atoms with van der Waals surface area (Å²) < 4.78 is 0.720. The van der Waals surface area contributed by atoms with Gasteiger partial charge in [-0.1, -0.05) is 13.0 Å². The van der Waals surface area contributed by atoms with Gasteiger partial charge in [-0.3, -0.25) is 4.79 Å². The molecule has 1 fully saturated rings. The van der Waals surface area contributed by atoms with Crippen molar-refractivity contribution in [3.8, 4) is 0 Å². The van der Waals surface area contributed by atoms with Crippen LogP contribution in [0.1, 0.15) is 13.3 Å². The van der Waals surface area contributed by atoms with Crippen LogP contribution in [-0.4, -0.2) is 23.5 Å². The number of rotatable bonds is 2.